The van der Waals surface area contributed by atoms with Gasteiger partial charge >= 0.3 is 0 Å². The summed E-state index contributed by atoms with van der Waals surface area (Å²) in [5.41, 5.74) is 1.72. The van der Waals surface area contributed by atoms with E-state index in [1.807, 2.05) is 0 Å². The Balaban J connectivity index is 1.14. The Hall–Kier alpha value is -3.61. The van der Waals surface area contributed by atoms with Crippen molar-refractivity contribution in [3.05, 3.63) is 95.6 Å². The molecule has 0 bridgehead atoms. The molecule has 0 spiro atoms. The van der Waals surface area contributed by atoms with Crippen LogP contribution < -0.4 is 9.64 Å². The van der Waals surface area contributed by atoms with Gasteiger partial charge in [-0.25, -0.2) is 8.78 Å². The number of nitrogens with zero attached hydrogens (tertiary/aromatic N) is 1. The summed E-state index contributed by atoms with van der Waals surface area (Å²) >= 11 is 0. The molecule has 2 saturated heterocycles. The number of ether oxygens (including phenoxy) is 3. The predicted octanol–water partition coefficient (Wildman–Crippen LogP) is 0.849. The summed E-state index contributed by atoms with van der Waals surface area (Å²) < 4.78 is 44.3. The SMILES string of the molecule is O=C1[C@H](CC[C@H](O)c2ccc(F)cc2)[C@@H](c2ccc(O[C@@H]3C[C@H](CO)[C@@H](O[C@@H]4O[C@H](CO)[C@@H](O)[C@H](O)[C@H]4O)[C@H](O)[C@H]3O)cc2)N1c1ccc(F)cc1. The highest BCUT2D eigenvalue weighted by Gasteiger charge is 2.51. The van der Waals surface area contributed by atoms with Crippen LogP contribution in [-0.2, 0) is 14.3 Å². The van der Waals surface area contributed by atoms with E-state index in [1.54, 1.807) is 29.2 Å². The highest BCUT2D eigenvalue weighted by Crippen LogP contribution is 2.47. The summed E-state index contributed by atoms with van der Waals surface area (Å²) in [7, 11) is 0. The van der Waals surface area contributed by atoms with E-state index in [9.17, 15) is 54.4 Å². The van der Waals surface area contributed by atoms with Crippen molar-refractivity contribution in [1.29, 1.82) is 0 Å². The van der Waals surface area contributed by atoms with Gasteiger partial charge in [-0.15, -0.1) is 0 Å². The van der Waals surface area contributed by atoms with Gasteiger partial charge in [0.2, 0.25) is 5.91 Å². The Morgan fingerprint density at radius 1 is 0.788 bits per heavy atom. The molecule has 2 aliphatic heterocycles. The zero-order valence-electron chi connectivity index (χ0n) is 27.9. The molecule has 3 aromatic rings. The Bertz CT molecular complexity index is 1630. The van der Waals surface area contributed by atoms with Crippen molar-refractivity contribution in [2.24, 2.45) is 11.8 Å². The van der Waals surface area contributed by atoms with Crippen molar-refractivity contribution >= 4 is 11.6 Å². The van der Waals surface area contributed by atoms with Crippen molar-refractivity contribution in [3.63, 3.8) is 0 Å². The Morgan fingerprint density at radius 3 is 2.04 bits per heavy atom. The van der Waals surface area contributed by atoms with E-state index in [-0.39, 0.29) is 18.7 Å². The van der Waals surface area contributed by atoms with Crippen LogP contribution >= 0.6 is 0 Å². The third kappa shape index (κ3) is 7.70. The number of carbonyl (C=O) groups is 1. The molecule has 282 valence electrons. The Morgan fingerprint density at radius 2 is 1.42 bits per heavy atom. The molecule has 0 unspecified atom stereocenters. The van der Waals surface area contributed by atoms with Crippen molar-refractivity contribution in [3.8, 4) is 5.75 Å². The largest absolute Gasteiger partial charge is 0.488 e. The van der Waals surface area contributed by atoms with Crippen LogP contribution in [0.1, 0.15) is 42.5 Å². The molecule has 0 radical (unpaired) electrons. The second-order valence-electron chi connectivity index (χ2n) is 13.6. The van der Waals surface area contributed by atoms with Gasteiger partial charge in [0, 0.05) is 18.2 Å². The molecule has 3 aliphatic rings. The van der Waals surface area contributed by atoms with Crippen LogP contribution in [0.3, 0.4) is 0 Å². The lowest BCUT2D eigenvalue weighted by atomic mass is 9.78. The average Bonchev–Trinajstić information content (AvgIpc) is 3.15. The van der Waals surface area contributed by atoms with E-state index in [2.05, 4.69) is 0 Å². The number of halogens is 2. The molecule has 1 aliphatic carbocycles. The van der Waals surface area contributed by atoms with E-state index < -0.39 is 104 Å². The number of β-lactam (4-membered cyclic amide) rings is 1. The number of aliphatic hydroxyl groups excluding tert-OH is 8. The molecule has 13 atom stereocenters. The number of benzene rings is 3. The quantitative estimate of drug-likeness (QED) is 0.122. The standard InChI is InChI=1S/C37H43F2NO12/c38-21-5-1-18(2-6-21)26(43)14-13-25-29(40(36(25)49)23-9-7-22(39)8-10-23)19-3-11-24(12-4-19)50-27-15-20(16-41)35(33(47)30(27)44)52-37-34(48)32(46)31(45)28(17-42)51-37/h1-12,20,25-35,37,41-48H,13-17H2/t20-,25-,26+,27-,28-,29-,30+,31-,32+,33-,34-,35-,37+/m1/s1. The minimum atomic E-state index is -1.75. The molecule has 13 nitrogen and oxygen atoms in total. The van der Waals surface area contributed by atoms with Gasteiger partial charge in [0.05, 0.1) is 30.8 Å². The Kier molecular flexibility index (Phi) is 11.9. The van der Waals surface area contributed by atoms with Crippen molar-refractivity contribution in [1.82, 2.24) is 0 Å². The van der Waals surface area contributed by atoms with Crippen LogP contribution in [0, 0.1) is 23.5 Å². The predicted molar refractivity (Wildman–Crippen MR) is 177 cm³/mol. The van der Waals surface area contributed by atoms with Crippen LogP contribution in [0.4, 0.5) is 14.5 Å². The summed E-state index contributed by atoms with van der Waals surface area (Å²) in [6.07, 6.45) is -13.8. The van der Waals surface area contributed by atoms with Gasteiger partial charge in [0.1, 0.15) is 60.1 Å². The molecule has 6 rings (SSSR count). The maximum atomic E-state index is 13.7. The fourth-order valence-electron chi connectivity index (χ4n) is 7.30. The molecule has 15 heteroatoms. The van der Waals surface area contributed by atoms with E-state index in [1.165, 1.54) is 48.5 Å². The third-order valence-corrected chi connectivity index (χ3v) is 10.3. The van der Waals surface area contributed by atoms with Crippen LogP contribution in [0.5, 0.6) is 5.75 Å². The van der Waals surface area contributed by atoms with Crippen molar-refractivity contribution in [2.45, 2.75) is 86.5 Å². The maximum absolute atomic E-state index is 13.7. The average molecular weight is 732 g/mol. The molecule has 3 aromatic carbocycles. The first-order valence-corrected chi connectivity index (χ1v) is 17.1. The lowest BCUT2D eigenvalue weighted by Gasteiger charge is -2.48. The summed E-state index contributed by atoms with van der Waals surface area (Å²) in [5, 5.41) is 83.0. The molecule has 8 N–H and O–H groups in total. The van der Waals surface area contributed by atoms with Gasteiger partial charge < -0.3 is 60.0 Å². The first kappa shape index (κ1) is 38.1. The minimum absolute atomic E-state index is 0.00745. The number of hydrogen-bond acceptors (Lipinski definition) is 12. The summed E-state index contributed by atoms with van der Waals surface area (Å²) in [4.78, 5) is 15.0. The van der Waals surface area contributed by atoms with Crippen molar-refractivity contribution in [2.75, 3.05) is 18.1 Å². The van der Waals surface area contributed by atoms with Gasteiger partial charge in [-0.05, 0) is 78.9 Å². The molecular formula is C37H43F2NO12. The lowest BCUT2D eigenvalue weighted by molar-refractivity contribution is -0.329. The number of anilines is 1. The van der Waals surface area contributed by atoms with Gasteiger partial charge in [-0.3, -0.25) is 4.79 Å². The Labute approximate surface area is 297 Å². The number of amides is 1. The molecular weight excluding hydrogens is 688 g/mol. The summed E-state index contributed by atoms with van der Waals surface area (Å²) in [6, 6.07) is 17.2. The summed E-state index contributed by atoms with van der Waals surface area (Å²) in [5.74, 6) is -2.16. The van der Waals surface area contributed by atoms with Gasteiger partial charge in [0.15, 0.2) is 6.29 Å². The number of rotatable bonds is 12. The molecule has 3 fully saturated rings. The second-order valence-corrected chi connectivity index (χ2v) is 13.6. The van der Waals surface area contributed by atoms with Crippen LogP contribution in [0.2, 0.25) is 0 Å². The van der Waals surface area contributed by atoms with Crippen molar-refractivity contribution < 1.29 is 68.6 Å². The van der Waals surface area contributed by atoms with Gasteiger partial charge in [0.25, 0.3) is 0 Å². The molecule has 1 saturated carbocycles. The monoisotopic (exact) mass is 731 g/mol. The lowest BCUT2D eigenvalue weighted by Crippen LogP contribution is -2.63. The van der Waals surface area contributed by atoms with E-state index in [0.717, 1.165) is 0 Å². The smallest absolute Gasteiger partial charge is 0.233 e. The normalized spacial score (nSPS) is 34.1. The van der Waals surface area contributed by atoms with E-state index in [0.29, 0.717) is 29.0 Å². The first-order valence-electron chi connectivity index (χ1n) is 17.1. The topological polar surface area (TPSA) is 210 Å². The van der Waals surface area contributed by atoms with Gasteiger partial charge in [-0.2, -0.15) is 0 Å². The van der Waals surface area contributed by atoms with Crippen LogP contribution in [0.15, 0.2) is 72.8 Å². The number of aliphatic hydroxyl groups is 8. The maximum Gasteiger partial charge on any atom is 0.233 e. The zero-order chi connectivity index (χ0) is 37.3. The second kappa shape index (κ2) is 16.2. The zero-order valence-corrected chi connectivity index (χ0v) is 27.9. The fraction of sp³-hybridized carbons (Fsp3) is 0.486. The highest BCUT2D eigenvalue weighted by atomic mass is 19.1. The number of carbonyl (C=O) groups excluding carboxylic acids is 1. The van der Waals surface area contributed by atoms with E-state index in [4.69, 9.17) is 14.2 Å². The fourth-order valence-corrected chi connectivity index (χ4v) is 7.30. The highest BCUT2D eigenvalue weighted by molar-refractivity contribution is 6.03. The first-order chi connectivity index (χ1) is 24.9. The number of hydrogen-bond donors (Lipinski definition) is 8. The molecule has 2 heterocycles. The van der Waals surface area contributed by atoms with Gasteiger partial charge in [-0.1, -0.05) is 24.3 Å². The van der Waals surface area contributed by atoms with Crippen LogP contribution in [0.25, 0.3) is 0 Å². The summed E-state index contributed by atoms with van der Waals surface area (Å²) in [6.45, 7) is -1.21. The molecule has 0 aromatic heterocycles. The molecule has 52 heavy (non-hydrogen) atoms. The molecule has 1 amide bonds. The third-order valence-electron chi connectivity index (χ3n) is 10.3. The van der Waals surface area contributed by atoms with E-state index >= 15 is 0 Å². The minimum Gasteiger partial charge on any atom is -0.488 e. The van der Waals surface area contributed by atoms with Crippen LogP contribution in [-0.4, -0.2) is 115 Å².